The van der Waals surface area contributed by atoms with Crippen molar-refractivity contribution in [1.29, 1.82) is 0 Å². The summed E-state index contributed by atoms with van der Waals surface area (Å²) in [4.78, 5) is 18.5. The van der Waals surface area contributed by atoms with E-state index in [1.54, 1.807) is 30.5 Å². The maximum absolute atomic E-state index is 12.1. The van der Waals surface area contributed by atoms with Crippen molar-refractivity contribution in [2.45, 2.75) is 16.0 Å². The number of thioether (sulfide) groups is 1. The van der Waals surface area contributed by atoms with Crippen molar-refractivity contribution in [3.05, 3.63) is 55.0 Å². The average molecular weight is 556 g/mol. The van der Waals surface area contributed by atoms with Crippen LogP contribution in [0.1, 0.15) is 0 Å². The molecule has 0 saturated carbocycles. The Labute approximate surface area is 213 Å². The molecule has 0 unspecified atom stereocenters. The molecular formula is C21H20F3N7O4S2. The minimum absolute atomic E-state index is 0.172. The molecule has 37 heavy (non-hydrogen) atoms. The zero-order valence-electron chi connectivity index (χ0n) is 19.2. The van der Waals surface area contributed by atoms with Gasteiger partial charge in [0, 0.05) is 22.0 Å². The first kappa shape index (κ1) is 27.7. The molecule has 5 N–H and O–H groups in total. The number of carbonyl (C=O) groups is 1. The summed E-state index contributed by atoms with van der Waals surface area (Å²) in [5, 5.41) is 21.5. The van der Waals surface area contributed by atoms with Crippen LogP contribution in [0.25, 0.3) is 10.9 Å². The van der Waals surface area contributed by atoms with Crippen molar-refractivity contribution >= 4 is 61.7 Å². The van der Waals surface area contributed by atoms with Crippen LogP contribution in [-0.4, -0.2) is 59.1 Å². The number of rotatable bonds is 7. The number of carboxylic acids is 1. The molecule has 0 aliphatic rings. The summed E-state index contributed by atoms with van der Waals surface area (Å²) in [5.41, 5.74) is 2.41. The fourth-order valence-electron chi connectivity index (χ4n) is 2.86. The maximum atomic E-state index is 12.1. The summed E-state index contributed by atoms with van der Waals surface area (Å²) < 4.78 is 58.4. The Kier molecular flexibility index (Phi) is 8.57. The van der Waals surface area contributed by atoms with Crippen LogP contribution >= 0.6 is 11.8 Å². The van der Waals surface area contributed by atoms with Crippen molar-refractivity contribution < 1.29 is 31.5 Å². The normalized spacial score (nSPS) is 11.5. The van der Waals surface area contributed by atoms with E-state index in [0.717, 1.165) is 21.5 Å². The number of alkyl halides is 3. The lowest BCUT2D eigenvalue weighted by atomic mass is 10.2. The van der Waals surface area contributed by atoms with Gasteiger partial charge < -0.3 is 15.7 Å². The number of aromatic nitrogens is 4. The number of halogens is 3. The molecular weight excluding hydrogens is 535 g/mol. The van der Waals surface area contributed by atoms with Gasteiger partial charge in [0.1, 0.15) is 18.0 Å². The molecule has 2 aromatic carbocycles. The van der Waals surface area contributed by atoms with Crippen LogP contribution in [0, 0.1) is 0 Å². The Morgan fingerprint density at radius 2 is 1.73 bits per heavy atom. The fourth-order valence-corrected chi connectivity index (χ4v) is 4.15. The van der Waals surface area contributed by atoms with E-state index in [2.05, 4.69) is 35.5 Å². The largest absolute Gasteiger partial charge is 0.490 e. The average Bonchev–Trinajstić information content (AvgIpc) is 3.32. The van der Waals surface area contributed by atoms with Gasteiger partial charge in [0.2, 0.25) is 10.0 Å². The van der Waals surface area contributed by atoms with Crippen LogP contribution in [0.3, 0.4) is 0 Å². The Morgan fingerprint density at radius 1 is 1.05 bits per heavy atom. The third-order valence-electron chi connectivity index (χ3n) is 4.64. The van der Waals surface area contributed by atoms with Crippen molar-refractivity contribution in [3.8, 4) is 0 Å². The van der Waals surface area contributed by atoms with E-state index in [4.69, 9.17) is 9.90 Å². The number of anilines is 4. The Balaban J connectivity index is 0.000000479. The van der Waals surface area contributed by atoms with Crippen LogP contribution in [-0.2, 0) is 14.8 Å². The van der Waals surface area contributed by atoms with Crippen LogP contribution < -0.4 is 15.4 Å². The van der Waals surface area contributed by atoms with Gasteiger partial charge in [-0.15, -0.1) is 11.8 Å². The quantitative estimate of drug-likeness (QED) is 0.210. The lowest BCUT2D eigenvalue weighted by molar-refractivity contribution is -0.192. The molecule has 0 atom stereocenters. The number of hydrogen-bond acceptors (Lipinski definition) is 9. The first-order valence-electron chi connectivity index (χ1n) is 10.1. The van der Waals surface area contributed by atoms with E-state index >= 15 is 0 Å². The summed E-state index contributed by atoms with van der Waals surface area (Å²) in [7, 11) is -2.17. The van der Waals surface area contributed by atoms with E-state index < -0.39 is 22.2 Å². The molecule has 0 bridgehead atoms. The number of hydrogen-bond donors (Lipinski definition) is 5. The van der Waals surface area contributed by atoms with Crippen molar-refractivity contribution in [2.75, 3.05) is 23.9 Å². The first-order valence-corrected chi connectivity index (χ1v) is 12.8. The standard InChI is InChI=1S/C19H19N7O2S2.C2HF3O2/c1-20-30(27,28)14-5-6-17(29-2)16(8-14)25-19-9-18(21-11-22-19)24-13-4-3-12-10-23-26-15(12)7-13;3-2(4,5)1(6)7/h3-11,20H,1-2H3,(H,23,26)(H2,21,22,24,25);(H,6,7). The Morgan fingerprint density at radius 3 is 2.35 bits per heavy atom. The number of benzene rings is 2. The van der Waals surface area contributed by atoms with Gasteiger partial charge in [-0.3, -0.25) is 5.10 Å². The molecule has 2 aromatic heterocycles. The number of nitrogens with one attached hydrogen (secondary N) is 4. The number of aromatic amines is 1. The molecule has 196 valence electrons. The van der Waals surface area contributed by atoms with E-state index in [1.165, 1.54) is 25.1 Å². The first-order chi connectivity index (χ1) is 17.4. The maximum Gasteiger partial charge on any atom is 0.490 e. The molecule has 0 aliphatic heterocycles. The van der Waals surface area contributed by atoms with Gasteiger partial charge in [0.15, 0.2) is 0 Å². The number of aliphatic carboxylic acids is 1. The molecule has 16 heteroatoms. The zero-order chi connectivity index (χ0) is 27.2. The number of sulfonamides is 1. The minimum Gasteiger partial charge on any atom is -0.475 e. The van der Waals surface area contributed by atoms with E-state index in [-0.39, 0.29) is 4.90 Å². The van der Waals surface area contributed by atoms with Crippen molar-refractivity contribution in [1.82, 2.24) is 24.9 Å². The van der Waals surface area contributed by atoms with Crippen LogP contribution in [0.2, 0.25) is 0 Å². The summed E-state index contributed by atoms with van der Waals surface area (Å²) in [5.74, 6) is -1.63. The van der Waals surface area contributed by atoms with Gasteiger partial charge in [0.25, 0.3) is 0 Å². The number of nitrogens with zero attached hydrogens (tertiary/aromatic N) is 3. The van der Waals surface area contributed by atoms with Crippen LogP contribution in [0.5, 0.6) is 0 Å². The summed E-state index contributed by atoms with van der Waals surface area (Å²) in [6.07, 6.45) is 0.0369. The number of H-pyrrole nitrogens is 1. The lowest BCUT2D eigenvalue weighted by Crippen LogP contribution is -2.21. The molecule has 4 aromatic rings. The molecule has 0 spiro atoms. The summed E-state index contributed by atoms with van der Waals surface area (Å²) in [6, 6.07) is 12.5. The van der Waals surface area contributed by atoms with E-state index in [0.29, 0.717) is 17.3 Å². The Hall–Kier alpha value is -3.89. The van der Waals surface area contributed by atoms with E-state index in [1.807, 2.05) is 24.5 Å². The van der Waals surface area contributed by atoms with Gasteiger partial charge in [0.05, 0.1) is 22.3 Å². The molecule has 0 aliphatic carbocycles. The minimum atomic E-state index is -5.08. The lowest BCUT2D eigenvalue weighted by Gasteiger charge is -2.13. The van der Waals surface area contributed by atoms with Gasteiger partial charge in [-0.05, 0) is 49.7 Å². The molecule has 0 fully saturated rings. The molecule has 0 radical (unpaired) electrons. The highest BCUT2D eigenvalue weighted by Gasteiger charge is 2.38. The van der Waals surface area contributed by atoms with Crippen LogP contribution in [0.15, 0.2) is 64.8 Å². The predicted octanol–water partition coefficient (Wildman–Crippen LogP) is 4.10. The second kappa shape index (κ2) is 11.4. The molecule has 4 rings (SSSR count). The fraction of sp³-hybridized carbons (Fsp3) is 0.143. The van der Waals surface area contributed by atoms with Crippen molar-refractivity contribution in [3.63, 3.8) is 0 Å². The number of carboxylic acid groups (broad SMARTS) is 1. The SMILES string of the molecule is CNS(=O)(=O)c1ccc(SC)c(Nc2cc(Nc3ccc4cn[nH]c4c3)ncn2)c1.O=C(O)C(F)(F)F. The van der Waals surface area contributed by atoms with Crippen LogP contribution in [0.4, 0.5) is 36.2 Å². The highest BCUT2D eigenvalue weighted by Crippen LogP contribution is 2.31. The predicted molar refractivity (Wildman–Crippen MR) is 133 cm³/mol. The molecule has 11 nitrogen and oxygen atoms in total. The van der Waals surface area contributed by atoms with Gasteiger partial charge >= 0.3 is 12.1 Å². The zero-order valence-corrected chi connectivity index (χ0v) is 20.8. The summed E-state index contributed by atoms with van der Waals surface area (Å²) in [6.45, 7) is 0. The third-order valence-corrected chi connectivity index (χ3v) is 6.84. The van der Waals surface area contributed by atoms with Gasteiger partial charge in [-0.2, -0.15) is 18.3 Å². The highest BCUT2D eigenvalue weighted by atomic mass is 32.2. The van der Waals surface area contributed by atoms with Crippen molar-refractivity contribution in [2.24, 2.45) is 0 Å². The van der Waals surface area contributed by atoms with E-state index in [9.17, 15) is 21.6 Å². The van der Waals surface area contributed by atoms with Gasteiger partial charge in [-0.25, -0.2) is 27.9 Å². The second-order valence-corrected chi connectivity index (χ2v) is 9.82. The molecule has 2 heterocycles. The molecule has 0 saturated heterocycles. The topological polar surface area (TPSA) is 162 Å². The highest BCUT2D eigenvalue weighted by molar-refractivity contribution is 7.98. The molecule has 0 amide bonds. The summed E-state index contributed by atoms with van der Waals surface area (Å²) >= 11 is 1.50. The smallest absolute Gasteiger partial charge is 0.475 e. The second-order valence-electron chi connectivity index (χ2n) is 7.08. The monoisotopic (exact) mass is 555 g/mol. The number of fused-ring (bicyclic) bond motifs is 1. The van der Waals surface area contributed by atoms with Gasteiger partial charge in [-0.1, -0.05) is 0 Å². The third kappa shape index (κ3) is 7.31. The Bertz CT molecular complexity index is 1510.